The molecule has 0 radical (unpaired) electrons. The van der Waals surface area contributed by atoms with Gasteiger partial charge < -0.3 is 4.74 Å². The van der Waals surface area contributed by atoms with E-state index < -0.39 is 0 Å². The van der Waals surface area contributed by atoms with Gasteiger partial charge in [0.1, 0.15) is 5.75 Å². The van der Waals surface area contributed by atoms with Crippen LogP contribution in [0.4, 0.5) is 0 Å². The van der Waals surface area contributed by atoms with Crippen LogP contribution in [0.5, 0.6) is 5.75 Å². The van der Waals surface area contributed by atoms with Gasteiger partial charge in [0.05, 0.1) is 6.10 Å². The lowest BCUT2D eigenvalue weighted by Gasteiger charge is -2.22. The zero-order valence-corrected chi connectivity index (χ0v) is 14.8. The molecule has 1 aromatic carbocycles. The molecule has 22 heavy (non-hydrogen) atoms. The lowest BCUT2D eigenvalue weighted by Crippen LogP contribution is -2.13. The predicted octanol–water partition coefficient (Wildman–Crippen LogP) is 6.72. The Morgan fingerprint density at radius 2 is 1.73 bits per heavy atom. The van der Waals surface area contributed by atoms with Gasteiger partial charge in [-0.15, -0.1) is 0 Å². The second-order valence-electron chi connectivity index (χ2n) is 7.24. The molecule has 1 aliphatic rings. The Kier molecular flexibility index (Phi) is 7.29. The summed E-state index contributed by atoms with van der Waals surface area (Å²) >= 11 is 0. The molecular weight excluding hydrogens is 268 g/mol. The van der Waals surface area contributed by atoms with E-state index in [4.69, 9.17) is 4.74 Å². The highest BCUT2D eigenvalue weighted by Crippen LogP contribution is 2.28. The van der Waals surface area contributed by atoms with Crippen LogP contribution in [-0.4, -0.2) is 6.10 Å². The highest BCUT2D eigenvalue weighted by Gasteiger charge is 2.14. The van der Waals surface area contributed by atoms with E-state index in [9.17, 15) is 0 Å². The Hall–Kier alpha value is -0.980. The predicted molar refractivity (Wildman–Crippen MR) is 95.7 cm³/mol. The van der Waals surface area contributed by atoms with Crippen LogP contribution in [0.25, 0.3) is 0 Å². The average molecular weight is 303 g/mol. The largest absolute Gasteiger partial charge is 0.491 e. The quantitative estimate of drug-likeness (QED) is 0.518. The topological polar surface area (TPSA) is 9.23 Å². The molecule has 1 nitrogen and oxygen atoms in total. The van der Waals surface area contributed by atoms with Gasteiger partial charge in [0.25, 0.3) is 0 Å². The lowest BCUT2D eigenvalue weighted by molar-refractivity contribution is 0.200. The van der Waals surface area contributed by atoms with Gasteiger partial charge in [0.15, 0.2) is 0 Å². The highest BCUT2D eigenvalue weighted by molar-refractivity contribution is 5.29. The summed E-state index contributed by atoms with van der Waals surface area (Å²) < 4.78 is 6.07. The standard InChI is InChI=1S/C21H34O/c1-4-17(2)20-13-15-21(16-14-20)22-18(3)9-8-12-19-10-6-5-7-11-19/h13-19H,4-12H2,1-3H3. The number of hydrogen-bond donors (Lipinski definition) is 0. The van der Waals surface area contributed by atoms with Crippen LogP contribution in [0.3, 0.4) is 0 Å². The fourth-order valence-corrected chi connectivity index (χ4v) is 3.57. The first kappa shape index (κ1) is 17.4. The first-order chi connectivity index (χ1) is 10.7. The summed E-state index contributed by atoms with van der Waals surface area (Å²) in [4.78, 5) is 0. The fourth-order valence-electron chi connectivity index (χ4n) is 3.57. The SMILES string of the molecule is CCC(C)c1ccc(OC(C)CCCC2CCCCC2)cc1. The first-order valence-corrected chi connectivity index (χ1v) is 9.45. The van der Waals surface area contributed by atoms with Crippen LogP contribution in [0.1, 0.15) is 90.0 Å². The molecule has 1 heteroatoms. The molecule has 0 aliphatic heterocycles. The van der Waals surface area contributed by atoms with Crippen molar-refractivity contribution in [3.8, 4) is 5.75 Å². The van der Waals surface area contributed by atoms with E-state index in [-0.39, 0.29) is 0 Å². The van der Waals surface area contributed by atoms with Crippen LogP contribution in [0.15, 0.2) is 24.3 Å². The molecule has 124 valence electrons. The van der Waals surface area contributed by atoms with Gasteiger partial charge in [-0.1, -0.05) is 64.5 Å². The molecule has 2 rings (SSSR count). The van der Waals surface area contributed by atoms with Crippen molar-refractivity contribution in [1.82, 2.24) is 0 Å². The molecule has 2 unspecified atom stereocenters. The van der Waals surface area contributed by atoms with E-state index >= 15 is 0 Å². The molecule has 0 heterocycles. The van der Waals surface area contributed by atoms with E-state index in [1.807, 2.05) is 0 Å². The van der Waals surface area contributed by atoms with Crippen LogP contribution < -0.4 is 4.74 Å². The van der Waals surface area contributed by atoms with Gasteiger partial charge in [-0.05, 0) is 55.7 Å². The number of rotatable bonds is 8. The van der Waals surface area contributed by atoms with Crippen LogP contribution in [0.2, 0.25) is 0 Å². The van der Waals surface area contributed by atoms with Gasteiger partial charge in [0.2, 0.25) is 0 Å². The maximum absolute atomic E-state index is 6.07. The minimum atomic E-state index is 0.332. The Morgan fingerprint density at radius 3 is 2.36 bits per heavy atom. The normalized spacial score (nSPS) is 18.9. The zero-order valence-electron chi connectivity index (χ0n) is 14.8. The minimum absolute atomic E-state index is 0.332. The molecule has 0 amide bonds. The molecule has 1 saturated carbocycles. The van der Waals surface area contributed by atoms with E-state index in [1.165, 1.54) is 63.4 Å². The summed E-state index contributed by atoms with van der Waals surface area (Å²) in [6, 6.07) is 8.72. The Labute approximate surface area is 137 Å². The summed E-state index contributed by atoms with van der Waals surface area (Å²) in [7, 11) is 0. The van der Waals surface area contributed by atoms with Gasteiger partial charge in [-0.2, -0.15) is 0 Å². The second kappa shape index (κ2) is 9.22. The van der Waals surface area contributed by atoms with Crippen molar-refractivity contribution in [2.75, 3.05) is 0 Å². The molecule has 0 spiro atoms. The van der Waals surface area contributed by atoms with Crippen molar-refractivity contribution in [2.45, 2.75) is 90.6 Å². The summed E-state index contributed by atoms with van der Waals surface area (Å²) in [6.07, 6.45) is 12.7. The third-order valence-corrected chi connectivity index (χ3v) is 5.35. The third-order valence-electron chi connectivity index (χ3n) is 5.35. The van der Waals surface area contributed by atoms with Gasteiger partial charge in [-0.25, -0.2) is 0 Å². The summed E-state index contributed by atoms with van der Waals surface area (Å²) in [5.74, 6) is 2.66. The first-order valence-electron chi connectivity index (χ1n) is 9.45. The Morgan fingerprint density at radius 1 is 1.05 bits per heavy atom. The summed E-state index contributed by atoms with van der Waals surface area (Å²) in [6.45, 7) is 6.73. The van der Waals surface area contributed by atoms with Crippen molar-refractivity contribution in [3.63, 3.8) is 0 Å². The van der Waals surface area contributed by atoms with Crippen LogP contribution >= 0.6 is 0 Å². The molecule has 1 aromatic rings. The summed E-state index contributed by atoms with van der Waals surface area (Å²) in [5, 5.41) is 0. The van der Waals surface area contributed by atoms with Crippen LogP contribution in [0, 0.1) is 5.92 Å². The Balaban J connectivity index is 1.68. The van der Waals surface area contributed by atoms with E-state index in [0.717, 1.165) is 11.7 Å². The van der Waals surface area contributed by atoms with Gasteiger partial charge in [0, 0.05) is 0 Å². The maximum atomic E-state index is 6.07. The van der Waals surface area contributed by atoms with Gasteiger partial charge in [-0.3, -0.25) is 0 Å². The molecule has 0 N–H and O–H groups in total. The third kappa shape index (κ3) is 5.66. The van der Waals surface area contributed by atoms with Crippen LogP contribution in [-0.2, 0) is 0 Å². The van der Waals surface area contributed by atoms with Crippen molar-refractivity contribution >= 4 is 0 Å². The molecule has 2 atom stereocenters. The smallest absolute Gasteiger partial charge is 0.119 e. The van der Waals surface area contributed by atoms with Crippen molar-refractivity contribution < 1.29 is 4.74 Å². The highest BCUT2D eigenvalue weighted by atomic mass is 16.5. The monoisotopic (exact) mass is 302 g/mol. The lowest BCUT2D eigenvalue weighted by atomic mass is 9.85. The molecule has 1 aliphatic carbocycles. The molecular formula is C21H34O. The van der Waals surface area contributed by atoms with E-state index in [2.05, 4.69) is 45.0 Å². The number of hydrogen-bond acceptors (Lipinski definition) is 1. The molecule has 0 saturated heterocycles. The summed E-state index contributed by atoms with van der Waals surface area (Å²) in [5.41, 5.74) is 1.42. The second-order valence-corrected chi connectivity index (χ2v) is 7.24. The zero-order chi connectivity index (χ0) is 15.8. The van der Waals surface area contributed by atoms with E-state index in [1.54, 1.807) is 0 Å². The number of ether oxygens (including phenoxy) is 1. The van der Waals surface area contributed by atoms with E-state index in [0.29, 0.717) is 12.0 Å². The molecule has 0 bridgehead atoms. The van der Waals surface area contributed by atoms with Crippen molar-refractivity contribution in [3.05, 3.63) is 29.8 Å². The minimum Gasteiger partial charge on any atom is -0.491 e. The van der Waals surface area contributed by atoms with Crippen molar-refractivity contribution in [2.24, 2.45) is 5.92 Å². The van der Waals surface area contributed by atoms with Crippen molar-refractivity contribution in [1.29, 1.82) is 0 Å². The fraction of sp³-hybridized carbons (Fsp3) is 0.714. The van der Waals surface area contributed by atoms with Gasteiger partial charge >= 0.3 is 0 Å². The molecule has 1 fully saturated rings. The molecule has 0 aromatic heterocycles. The average Bonchev–Trinajstić information content (AvgIpc) is 2.56. The Bertz CT molecular complexity index is 402. The number of benzene rings is 1. The maximum Gasteiger partial charge on any atom is 0.119 e.